The quantitative estimate of drug-likeness (QED) is 0.402. The van der Waals surface area contributed by atoms with E-state index < -0.39 is 10.0 Å². The summed E-state index contributed by atoms with van der Waals surface area (Å²) in [6.07, 6.45) is 9.62. The fraction of sp³-hybridized carbons (Fsp3) is 0.500. The minimum absolute atomic E-state index is 0.147. The largest absolute Gasteiger partial charge is 0.379 e. The van der Waals surface area contributed by atoms with Gasteiger partial charge in [0, 0.05) is 35.7 Å². The van der Waals surface area contributed by atoms with Crippen LogP contribution in [0.5, 0.6) is 0 Å². The molecule has 0 bridgehead atoms. The van der Waals surface area contributed by atoms with Crippen molar-refractivity contribution in [3.63, 3.8) is 0 Å². The van der Waals surface area contributed by atoms with Gasteiger partial charge >= 0.3 is 0 Å². The molecule has 0 atom stereocenters. The van der Waals surface area contributed by atoms with E-state index in [4.69, 9.17) is 4.74 Å². The number of morpholine rings is 1. The van der Waals surface area contributed by atoms with Crippen LogP contribution in [0.2, 0.25) is 0 Å². The van der Waals surface area contributed by atoms with E-state index >= 15 is 0 Å². The second-order valence-corrected chi connectivity index (χ2v) is 11.4. The van der Waals surface area contributed by atoms with Gasteiger partial charge in [-0.25, -0.2) is 13.1 Å². The van der Waals surface area contributed by atoms with Gasteiger partial charge in [0.05, 0.1) is 23.7 Å². The molecule has 0 unspecified atom stereocenters. The summed E-state index contributed by atoms with van der Waals surface area (Å²) < 4.78 is 32.6. The van der Waals surface area contributed by atoms with Gasteiger partial charge < -0.3 is 15.0 Å². The molecule has 9 heteroatoms. The fourth-order valence-electron chi connectivity index (χ4n) is 5.41. The molecule has 188 valence electrons. The van der Waals surface area contributed by atoms with Crippen LogP contribution in [0.15, 0.2) is 23.1 Å². The molecule has 1 fully saturated rings. The van der Waals surface area contributed by atoms with Crippen LogP contribution in [0.3, 0.4) is 0 Å². The molecule has 3 N–H and O–H groups in total. The van der Waals surface area contributed by atoms with Gasteiger partial charge in [0.1, 0.15) is 0 Å². The van der Waals surface area contributed by atoms with Crippen LogP contribution in [-0.2, 0) is 38.8 Å². The number of H-pyrrole nitrogens is 1. The molecule has 1 aromatic carbocycles. The molecule has 2 aromatic rings. The summed E-state index contributed by atoms with van der Waals surface area (Å²) in [5.74, 6) is -0.205. The minimum atomic E-state index is -3.61. The Morgan fingerprint density at radius 1 is 1.14 bits per heavy atom. The Bertz CT molecular complexity index is 1240. The third-order valence-electron chi connectivity index (χ3n) is 7.34. The summed E-state index contributed by atoms with van der Waals surface area (Å²) in [4.78, 5) is 19.2. The van der Waals surface area contributed by atoms with E-state index in [9.17, 15) is 13.2 Å². The van der Waals surface area contributed by atoms with Gasteiger partial charge in [-0.1, -0.05) is 6.42 Å². The molecular weight excluding hydrogens is 464 g/mol. The van der Waals surface area contributed by atoms with Crippen LogP contribution in [0.25, 0.3) is 11.6 Å². The summed E-state index contributed by atoms with van der Waals surface area (Å²) in [5.41, 5.74) is 6.76. The molecule has 0 spiro atoms. The number of hydrogen-bond donors (Lipinski definition) is 3. The molecule has 0 saturated carbocycles. The van der Waals surface area contributed by atoms with Crippen molar-refractivity contribution in [3.05, 3.63) is 46.3 Å². The summed E-state index contributed by atoms with van der Waals surface area (Å²) in [6, 6.07) is 4.75. The van der Waals surface area contributed by atoms with E-state index in [0.717, 1.165) is 64.2 Å². The van der Waals surface area contributed by atoms with Gasteiger partial charge in [0.25, 0.3) is 5.91 Å². The standard InChI is InChI=1S/C26H34N4O4S/c1-27-35(32,33)18-9-10-24-21(16-18)22(26(31)29-24)17-25-20(7-5-11-30-12-14-34-15-13-30)19-6-3-2-4-8-23(19)28-25/h9-10,16-17,27-28H,2-8,11-15H2,1H3,(H,29,31). The summed E-state index contributed by atoms with van der Waals surface area (Å²) >= 11 is 0. The van der Waals surface area contributed by atoms with E-state index in [1.807, 2.05) is 6.08 Å². The number of hydrogen-bond acceptors (Lipinski definition) is 5. The normalized spacial score (nSPS) is 19.9. The number of carbonyl (C=O) groups excluding carboxylic acids is 1. The highest BCUT2D eigenvalue weighted by atomic mass is 32.2. The van der Waals surface area contributed by atoms with Gasteiger partial charge in [0.15, 0.2) is 0 Å². The highest BCUT2D eigenvalue weighted by molar-refractivity contribution is 7.89. The maximum atomic E-state index is 12.9. The molecule has 8 nitrogen and oxygen atoms in total. The van der Waals surface area contributed by atoms with Crippen molar-refractivity contribution < 1.29 is 17.9 Å². The highest BCUT2D eigenvalue weighted by Gasteiger charge is 2.28. The molecule has 1 aliphatic carbocycles. The van der Waals surface area contributed by atoms with Crippen molar-refractivity contribution >= 4 is 33.3 Å². The number of nitrogens with zero attached hydrogens (tertiary/aromatic N) is 1. The Morgan fingerprint density at radius 3 is 2.74 bits per heavy atom. The molecule has 2 aliphatic heterocycles. The van der Waals surface area contributed by atoms with Crippen LogP contribution in [-0.4, -0.2) is 64.1 Å². The lowest BCUT2D eigenvalue weighted by atomic mass is 9.98. The molecular formula is C26H34N4O4S. The van der Waals surface area contributed by atoms with Gasteiger partial charge in [-0.2, -0.15) is 0 Å². The highest BCUT2D eigenvalue weighted by Crippen LogP contribution is 2.36. The fourth-order valence-corrected chi connectivity index (χ4v) is 6.16. The molecule has 1 amide bonds. The number of fused-ring (bicyclic) bond motifs is 2. The first kappa shape index (κ1) is 24.2. The van der Waals surface area contributed by atoms with Gasteiger partial charge in [-0.3, -0.25) is 9.69 Å². The second-order valence-electron chi connectivity index (χ2n) is 9.52. The van der Waals surface area contributed by atoms with Crippen LogP contribution in [0, 0.1) is 0 Å². The van der Waals surface area contributed by atoms with Crippen LogP contribution >= 0.6 is 0 Å². The molecule has 5 rings (SSSR count). The SMILES string of the molecule is CNS(=O)(=O)c1ccc2c(c1)C(=Cc1[nH]c3c(c1CCCN1CCOCC1)CCCCC3)C(=O)N2. The Kier molecular flexibility index (Phi) is 7.11. The van der Waals surface area contributed by atoms with E-state index in [1.165, 1.54) is 49.2 Å². The number of nitrogens with one attached hydrogen (secondary N) is 3. The first-order valence-corrected chi connectivity index (χ1v) is 14.1. The molecule has 1 saturated heterocycles. The van der Waals surface area contributed by atoms with Crippen molar-refractivity contribution in [1.29, 1.82) is 0 Å². The smallest absolute Gasteiger partial charge is 0.256 e. The van der Waals surface area contributed by atoms with E-state index in [1.54, 1.807) is 12.1 Å². The average Bonchev–Trinajstić information content (AvgIpc) is 3.24. The van der Waals surface area contributed by atoms with E-state index in [-0.39, 0.29) is 10.8 Å². The Morgan fingerprint density at radius 2 is 1.94 bits per heavy atom. The lowest BCUT2D eigenvalue weighted by molar-refractivity contribution is -0.110. The summed E-state index contributed by atoms with van der Waals surface area (Å²) in [6.45, 7) is 4.61. The summed E-state index contributed by atoms with van der Waals surface area (Å²) in [7, 11) is -2.22. The van der Waals surface area contributed by atoms with E-state index in [2.05, 4.69) is 19.9 Å². The van der Waals surface area contributed by atoms with Gasteiger partial charge in [-0.05, 0) is 87.5 Å². The summed E-state index contributed by atoms with van der Waals surface area (Å²) in [5, 5.41) is 2.89. The first-order chi connectivity index (χ1) is 17.0. The number of carbonyl (C=O) groups is 1. The maximum absolute atomic E-state index is 12.9. The zero-order valence-electron chi connectivity index (χ0n) is 20.3. The second kappa shape index (κ2) is 10.3. The average molecular weight is 499 g/mol. The van der Waals surface area contributed by atoms with Crippen LogP contribution in [0.4, 0.5) is 5.69 Å². The molecule has 0 radical (unpaired) electrons. The monoisotopic (exact) mass is 498 g/mol. The predicted molar refractivity (Wildman–Crippen MR) is 137 cm³/mol. The Hall–Kier alpha value is -2.46. The number of rotatable bonds is 7. The predicted octanol–water partition coefficient (Wildman–Crippen LogP) is 2.95. The van der Waals surface area contributed by atoms with Crippen LogP contribution in [0.1, 0.15) is 53.8 Å². The van der Waals surface area contributed by atoms with Gasteiger partial charge in [-0.15, -0.1) is 0 Å². The lowest BCUT2D eigenvalue weighted by Crippen LogP contribution is -2.37. The number of amides is 1. The number of benzene rings is 1. The van der Waals surface area contributed by atoms with E-state index in [0.29, 0.717) is 16.8 Å². The topological polar surface area (TPSA) is 104 Å². The molecule has 1 aromatic heterocycles. The number of aryl methyl sites for hydroxylation is 1. The Balaban J connectivity index is 1.48. The van der Waals surface area contributed by atoms with Crippen molar-refractivity contribution in [2.75, 3.05) is 45.2 Å². The molecule has 35 heavy (non-hydrogen) atoms. The molecule has 3 aliphatic rings. The van der Waals surface area contributed by atoms with Crippen molar-refractivity contribution in [3.8, 4) is 0 Å². The number of ether oxygens (including phenoxy) is 1. The number of aromatic amines is 1. The number of anilines is 1. The third kappa shape index (κ3) is 5.09. The van der Waals surface area contributed by atoms with Crippen molar-refractivity contribution in [2.45, 2.75) is 49.8 Å². The Labute approximate surface area is 207 Å². The maximum Gasteiger partial charge on any atom is 0.256 e. The zero-order valence-corrected chi connectivity index (χ0v) is 21.1. The minimum Gasteiger partial charge on any atom is -0.379 e. The zero-order chi connectivity index (χ0) is 24.4. The number of sulfonamides is 1. The van der Waals surface area contributed by atoms with Crippen molar-refractivity contribution in [1.82, 2.24) is 14.6 Å². The van der Waals surface area contributed by atoms with Crippen LogP contribution < -0.4 is 10.0 Å². The first-order valence-electron chi connectivity index (χ1n) is 12.6. The lowest BCUT2D eigenvalue weighted by Gasteiger charge is -2.26. The number of aromatic nitrogens is 1. The van der Waals surface area contributed by atoms with Crippen molar-refractivity contribution in [2.24, 2.45) is 0 Å². The van der Waals surface area contributed by atoms with Gasteiger partial charge in [0.2, 0.25) is 10.0 Å². The third-order valence-corrected chi connectivity index (χ3v) is 8.75. The molecule has 3 heterocycles.